The molecule has 0 spiro atoms. The molecule has 7 heteroatoms. The summed E-state index contributed by atoms with van der Waals surface area (Å²) in [5.74, 6) is 0.460. The Morgan fingerprint density at radius 1 is 1.16 bits per heavy atom. The minimum Gasteiger partial charge on any atom is -0.368 e. The largest absolute Gasteiger partial charge is 0.368 e. The normalized spacial score (nSPS) is 17.5. The molecule has 1 aliphatic rings. The Bertz CT molecular complexity index is 330. The molecule has 0 fully saturated rings. The highest BCUT2D eigenvalue weighted by Crippen LogP contribution is 2.20. The number of hydrogen-bond donors (Lipinski definition) is 2. The highest BCUT2D eigenvalue weighted by Gasteiger charge is 2.32. The minimum absolute atomic E-state index is 0. The Kier molecular flexibility index (Phi) is 8.01. The van der Waals surface area contributed by atoms with Crippen molar-refractivity contribution in [2.45, 2.75) is 58.5 Å². The molecule has 0 aliphatic carbocycles. The summed E-state index contributed by atoms with van der Waals surface area (Å²) >= 11 is 0. The van der Waals surface area contributed by atoms with Gasteiger partial charge in [-0.3, -0.25) is 4.84 Å². The lowest BCUT2D eigenvalue weighted by Crippen LogP contribution is -2.53. The number of hydrogen-bond acceptors (Lipinski definition) is 6. The molecule has 1 aliphatic heterocycles. The maximum absolute atomic E-state index is 5.80. The third-order valence-corrected chi connectivity index (χ3v) is 2.79. The van der Waals surface area contributed by atoms with Crippen molar-refractivity contribution in [1.82, 2.24) is 5.06 Å². The van der Waals surface area contributed by atoms with Crippen molar-refractivity contribution in [3.05, 3.63) is 0 Å². The van der Waals surface area contributed by atoms with Crippen LogP contribution in [0.25, 0.3) is 0 Å². The zero-order valence-electron chi connectivity index (χ0n) is 12.1. The van der Waals surface area contributed by atoms with Crippen LogP contribution in [0.3, 0.4) is 0 Å². The first kappa shape index (κ1) is 18.2. The van der Waals surface area contributed by atoms with E-state index < -0.39 is 5.66 Å². The van der Waals surface area contributed by atoms with Gasteiger partial charge in [0.15, 0.2) is 5.66 Å². The van der Waals surface area contributed by atoms with Crippen LogP contribution < -0.4 is 11.5 Å². The van der Waals surface area contributed by atoms with Gasteiger partial charge in [-0.25, -0.2) is 4.99 Å². The number of rotatable bonds is 7. The lowest BCUT2D eigenvalue weighted by molar-refractivity contribution is -0.157. The highest BCUT2D eigenvalue weighted by molar-refractivity contribution is 8.93. The van der Waals surface area contributed by atoms with Crippen molar-refractivity contribution >= 4 is 28.9 Å². The molecule has 0 atom stereocenters. The first-order valence-electron chi connectivity index (χ1n) is 6.60. The lowest BCUT2D eigenvalue weighted by atomic mass is 10.2. The maximum atomic E-state index is 5.80. The smallest absolute Gasteiger partial charge is 0.226 e. The van der Waals surface area contributed by atoms with Gasteiger partial charge < -0.3 is 11.5 Å². The van der Waals surface area contributed by atoms with Gasteiger partial charge >= 0.3 is 0 Å². The van der Waals surface area contributed by atoms with E-state index in [1.807, 2.05) is 13.8 Å². The average Bonchev–Trinajstić information content (AvgIpc) is 2.24. The van der Waals surface area contributed by atoms with E-state index in [0.29, 0.717) is 6.61 Å². The molecule has 0 aromatic carbocycles. The van der Waals surface area contributed by atoms with Crippen molar-refractivity contribution in [2.75, 3.05) is 6.61 Å². The average molecular weight is 336 g/mol. The number of unbranched alkanes of at least 4 members (excludes halogenated alkanes) is 4. The molecule has 0 radical (unpaired) electrons. The van der Waals surface area contributed by atoms with Crippen molar-refractivity contribution < 1.29 is 4.84 Å². The SMILES string of the molecule is Br.CCCCCCCON1C(N)=NC(N)=NC1(C)C. The molecule has 112 valence electrons. The van der Waals surface area contributed by atoms with E-state index in [4.69, 9.17) is 16.3 Å². The third kappa shape index (κ3) is 5.78. The summed E-state index contributed by atoms with van der Waals surface area (Å²) in [6.45, 7) is 6.60. The number of guanidine groups is 2. The summed E-state index contributed by atoms with van der Waals surface area (Å²) in [6, 6.07) is 0. The highest BCUT2D eigenvalue weighted by atomic mass is 79.9. The van der Waals surface area contributed by atoms with E-state index in [0.717, 1.165) is 6.42 Å². The van der Waals surface area contributed by atoms with Crippen molar-refractivity contribution in [1.29, 1.82) is 0 Å². The molecule has 0 unspecified atom stereocenters. The van der Waals surface area contributed by atoms with Crippen LogP contribution in [0.15, 0.2) is 9.98 Å². The second-order valence-electron chi connectivity index (χ2n) is 4.98. The first-order valence-corrected chi connectivity index (χ1v) is 6.60. The molecule has 0 saturated carbocycles. The van der Waals surface area contributed by atoms with Crippen LogP contribution >= 0.6 is 17.0 Å². The van der Waals surface area contributed by atoms with Gasteiger partial charge in [0.25, 0.3) is 0 Å². The van der Waals surface area contributed by atoms with E-state index in [-0.39, 0.29) is 28.9 Å². The molecule has 1 heterocycles. The Labute approximate surface area is 126 Å². The number of aliphatic imine (C=N–C) groups is 2. The van der Waals surface area contributed by atoms with Crippen molar-refractivity contribution in [2.24, 2.45) is 21.5 Å². The van der Waals surface area contributed by atoms with Crippen molar-refractivity contribution in [3.63, 3.8) is 0 Å². The number of nitrogens with zero attached hydrogens (tertiary/aromatic N) is 3. The van der Waals surface area contributed by atoms with Gasteiger partial charge in [0.2, 0.25) is 11.9 Å². The van der Waals surface area contributed by atoms with Crippen LogP contribution in [0.1, 0.15) is 52.9 Å². The molecule has 19 heavy (non-hydrogen) atoms. The van der Waals surface area contributed by atoms with E-state index >= 15 is 0 Å². The third-order valence-electron chi connectivity index (χ3n) is 2.79. The summed E-state index contributed by atoms with van der Waals surface area (Å²) in [6.07, 6.45) is 5.95. The van der Waals surface area contributed by atoms with Gasteiger partial charge in [-0.2, -0.15) is 10.1 Å². The van der Waals surface area contributed by atoms with Crippen molar-refractivity contribution in [3.8, 4) is 0 Å². The van der Waals surface area contributed by atoms with E-state index in [2.05, 4.69) is 16.9 Å². The van der Waals surface area contributed by atoms with Gasteiger partial charge in [0, 0.05) is 0 Å². The van der Waals surface area contributed by atoms with Gasteiger partial charge in [-0.05, 0) is 20.3 Å². The number of halogens is 1. The Morgan fingerprint density at radius 2 is 1.79 bits per heavy atom. The molecule has 6 nitrogen and oxygen atoms in total. The van der Waals surface area contributed by atoms with Crippen LogP contribution in [-0.4, -0.2) is 29.3 Å². The Balaban J connectivity index is 0.00000324. The Morgan fingerprint density at radius 3 is 2.37 bits per heavy atom. The molecule has 0 aromatic heterocycles. The fraction of sp³-hybridized carbons (Fsp3) is 0.833. The molecular formula is C12H26BrN5O. The predicted octanol–water partition coefficient (Wildman–Crippen LogP) is 2.15. The standard InChI is InChI=1S/C12H25N5O.BrH/c1-4-5-6-7-8-9-18-17-11(14)15-10(13)16-12(17,2)3;/h4-9H2,1-3H3,(H4,13,14,15,16);1H. The molecule has 0 saturated heterocycles. The van der Waals surface area contributed by atoms with Crippen LogP contribution in [0.5, 0.6) is 0 Å². The fourth-order valence-electron chi connectivity index (χ4n) is 1.88. The van der Waals surface area contributed by atoms with E-state index in [1.54, 1.807) is 0 Å². The fourth-order valence-corrected chi connectivity index (χ4v) is 1.88. The van der Waals surface area contributed by atoms with Crippen LogP contribution in [0, 0.1) is 0 Å². The quantitative estimate of drug-likeness (QED) is 0.697. The van der Waals surface area contributed by atoms with Gasteiger partial charge in [-0.15, -0.1) is 17.0 Å². The topological polar surface area (TPSA) is 89.2 Å². The summed E-state index contributed by atoms with van der Waals surface area (Å²) in [5, 5.41) is 1.53. The van der Waals surface area contributed by atoms with Crippen LogP contribution in [0.4, 0.5) is 0 Å². The second kappa shape index (κ2) is 8.37. The summed E-state index contributed by atoms with van der Waals surface area (Å²) in [7, 11) is 0. The summed E-state index contributed by atoms with van der Waals surface area (Å²) < 4.78 is 0. The molecule has 4 N–H and O–H groups in total. The maximum Gasteiger partial charge on any atom is 0.226 e. The Hall–Kier alpha value is -0.820. The van der Waals surface area contributed by atoms with E-state index in [1.165, 1.54) is 30.7 Å². The molecule has 0 bridgehead atoms. The van der Waals surface area contributed by atoms with Crippen LogP contribution in [-0.2, 0) is 4.84 Å². The number of hydroxylamine groups is 2. The van der Waals surface area contributed by atoms with E-state index in [9.17, 15) is 0 Å². The van der Waals surface area contributed by atoms with Gasteiger partial charge in [0.1, 0.15) is 0 Å². The number of nitrogens with two attached hydrogens (primary N) is 2. The second-order valence-corrected chi connectivity index (χ2v) is 4.98. The molecule has 1 rings (SSSR count). The van der Waals surface area contributed by atoms with Gasteiger partial charge in [-0.1, -0.05) is 32.6 Å². The molecule has 0 amide bonds. The summed E-state index contributed by atoms with van der Waals surface area (Å²) in [5.41, 5.74) is 10.8. The zero-order valence-corrected chi connectivity index (χ0v) is 13.8. The zero-order chi connectivity index (χ0) is 13.6. The molecule has 0 aromatic rings. The monoisotopic (exact) mass is 335 g/mol. The first-order chi connectivity index (χ1) is 8.47. The predicted molar refractivity (Wildman–Crippen MR) is 84.2 cm³/mol. The van der Waals surface area contributed by atoms with Crippen LogP contribution in [0.2, 0.25) is 0 Å². The summed E-state index contributed by atoms with van der Waals surface area (Å²) in [4.78, 5) is 13.8. The minimum atomic E-state index is -0.598. The van der Waals surface area contributed by atoms with Gasteiger partial charge in [0.05, 0.1) is 6.61 Å². The lowest BCUT2D eigenvalue weighted by Gasteiger charge is -2.36. The molecular weight excluding hydrogens is 310 g/mol.